The van der Waals surface area contributed by atoms with Gasteiger partial charge in [-0.3, -0.25) is 4.79 Å². The highest BCUT2D eigenvalue weighted by Crippen LogP contribution is 2.30. The van der Waals surface area contributed by atoms with Gasteiger partial charge in [-0.25, -0.2) is 14.1 Å². The molecule has 1 aromatic carbocycles. The zero-order valence-corrected chi connectivity index (χ0v) is 16.3. The highest BCUT2D eigenvalue weighted by atomic mass is 19.1. The number of piperidine rings is 1. The highest BCUT2D eigenvalue weighted by Gasteiger charge is 2.28. The third-order valence-electron chi connectivity index (χ3n) is 6.13. The van der Waals surface area contributed by atoms with Gasteiger partial charge in [0.2, 0.25) is 0 Å². The van der Waals surface area contributed by atoms with Crippen LogP contribution in [-0.2, 0) is 13.0 Å². The van der Waals surface area contributed by atoms with Gasteiger partial charge >= 0.3 is 0 Å². The fourth-order valence-corrected chi connectivity index (χ4v) is 4.55. The first-order valence-corrected chi connectivity index (χ1v) is 10.3. The van der Waals surface area contributed by atoms with Crippen molar-refractivity contribution in [2.45, 2.75) is 44.6 Å². The molecule has 29 heavy (non-hydrogen) atoms. The molecule has 6 nitrogen and oxygen atoms in total. The second-order valence-electron chi connectivity index (χ2n) is 7.90. The Morgan fingerprint density at radius 2 is 2.00 bits per heavy atom. The zero-order valence-electron chi connectivity index (χ0n) is 16.3. The minimum atomic E-state index is -0.446. The molecule has 2 aliphatic rings. The number of halogens is 1. The molecular weight excluding hydrogens is 369 g/mol. The van der Waals surface area contributed by atoms with Gasteiger partial charge in [-0.1, -0.05) is 0 Å². The number of carbonyl (C=O) groups is 1. The molecule has 150 valence electrons. The predicted octanol–water partition coefficient (Wildman–Crippen LogP) is 3.56. The number of aromatic nitrogens is 4. The Hall–Kier alpha value is -2.96. The second kappa shape index (κ2) is 7.46. The first kappa shape index (κ1) is 18.1. The molecule has 0 radical (unpaired) electrons. The molecule has 0 bridgehead atoms. The Labute approximate surface area is 169 Å². The quantitative estimate of drug-likeness (QED) is 0.684. The van der Waals surface area contributed by atoms with Crippen LogP contribution in [0.15, 0.2) is 42.9 Å². The summed E-state index contributed by atoms with van der Waals surface area (Å²) in [5.74, 6) is 1.02. The number of fused-ring (bicyclic) bond motifs is 1. The monoisotopic (exact) mass is 393 g/mol. The normalized spacial score (nSPS) is 17.3. The number of hydrogen-bond acceptors (Lipinski definition) is 3. The van der Waals surface area contributed by atoms with E-state index in [1.807, 2.05) is 11.1 Å². The van der Waals surface area contributed by atoms with Crippen molar-refractivity contribution in [3.05, 3.63) is 65.8 Å². The predicted molar refractivity (Wildman–Crippen MR) is 107 cm³/mol. The summed E-state index contributed by atoms with van der Waals surface area (Å²) >= 11 is 0. The van der Waals surface area contributed by atoms with Gasteiger partial charge in [0.05, 0.1) is 0 Å². The van der Waals surface area contributed by atoms with Crippen molar-refractivity contribution < 1.29 is 9.18 Å². The lowest BCUT2D eigenvalue weighted by Gasteiger charge is -2.32. The molecule has 4 heterocycles. The minimum Gasteiger partial charge on any atom is -0.339 e. The van der Waals surface area contributed by atoms with Crippen LogP contribution in [0.4, 0.5) is 4.39 Å². The van der Waals surface area contributed by atoms with Crippen LogP contribution in [0.2, 0.25) is 0 Å². The molecule has 3 aromatic rings. The smallest absolute Gasteiger partial charge is 0.253 e. The Kier molecular flexibility index (Phi) is 4.66. The lowest BCUT2D eigenvalue weighted by atomic mass is 9.95. The number of carbonyl (C=O) groups excluding carboxylic acids is 1. The van der Waals surface area contributed by atoms with Crippen LogP contribution < -0.4 is 0 Å². The Balaban J connectivity index is 1.27. The first-order valence-electron chi connectivity index (χ1n) is 10.3. The Morgan fingerprint density at radius 3 is 2.76 bits per heavy atom. The van der Waals surface area contributed by atoms with Gasteiger partial charge in [-0.05, 0) is 56.4 Å². The van der Waals surface area contributed by atoms with Crippen molar-refractivity contribution in [2.75, 3.05) is 13.1 Å². The molecule has 0 spiro atoms. The summed E-state index contributed by atoms with van der Waals surface area (Å²) in [4.78, 5) is 19.4. The first-order chi connectivity index (χ1) is 14.2. The van der Waals surface area contributed by atoms with Gasteiger partial charge in [0.1, 0.15) is 17.3 Å². The molecule has 2 aliphatic heterocycles. The Bertz CT molecular complexity index is 1020. The molecule has 0 N–H and O–H groups in total. The molecule has 1 fully saturated rings. The summed E-state index contributed by atoms with van der Waals surface area (Å²) in [6.45, 7) is 2.41. The molecular formula is C22H24FN5O. The van der Waals surface area contributed by atoms with E-state index in [0.717, 1.165) is 25.8 Å². The van der Waals surface area contributed by atoms with E-state index in [9.17, 15) is 9.18 Å². The van der Waals surface area contributed by atoms with Crippen molar-refractivity contribution in [1.82, 2.24) is 24.2 Å². The van der Waals surface area contributed by atoms with Crippen LogP contribution in [0.25, 0.3) is 5.69 Å². The second-order valence-corrected chi connectivity index (χ2v) is 7.90. The number of amides is 1. The average molecular weight is 393 g/mol. The van der Waals surface area contributed by atoms with Crippen LogP contribution >= 0.6 is 0 Å². The zero-order chi connectivity index (χ0) is 19.8. The van der Waals surface area contributed by atoms with E-state index in [1.54, 1.807) is 30.6 Å². The number of aryl methyl sites for hydroxylation is 1. The minimum absolute atomic E-state index is 0.112. The number of imidazole rings is 1. The summed E-state index contributed by atoms with van der Waals surface area (Å²) in [7, 11) is 0. The van der Waals surface area contributed by atoms with Gasteiger partial charge in [0.15, 0.2) is 0 Å². The lowest BCUT2D eigenvalue weighted by molar-refractivity contribution is 0.0709. The molecule has 0 atom stereocenters. The maximum Gasteiger partial charge on any atom is 0.253 e. The molecule has 1 saturated heterocycles. The molecule has 0 aliphatic carbocycles. The summed E-state index contributed by atoms with van der Waals surface area (Å²) < 4.78 is 18.3. The molecule has 1 amide bonds. The number of hydrogen-bond donors (Lipinski definition) is 0. The average Bonchev–Trinajstić information content (AvgIpc) is 3.43. The van der Waals surface area contributed by atoms with Gasteiger partial charge in [-0.2, -0.15) is 5.10 Å². The number of nitrogens with zero attached hydrogens (tertiary/aromatic N) is 5. The fraction of sp³-hybridized carbons (Fsp3) is 0.409. The van der Waals surface area contributed by atoms with E-state index < -0.39 is 5.82 Å². The van der Waals surface area contributed by atoms with E-state index in [4.69, 9.17) is 4.98 Å². The third-order valence-corrected chi connectivity index (χ3v) is 6.13. The van der Waals surface area contributed by atoms with Crippen molar-refractivity contribution in [3.63, 3.8) is 0 Å². The van der Waals surface area contributed by atoms with E-state index >= 15 is 0 Å². The molecule has 5 rings (SSSR count). The maximum absolute atomic E-state index is 14.5. The van der Waals surface area contributed by atoms with Crippen molar-refractivity contribution in [3.8, 4) is 5.69 Å². The number of benzene rings is 1. The highest BCUT2D eigenvalue weighted by molar-refractivity contribution is 5.94. The Morgan fingerprint density at radius 1 is 1.14 bits per heavy atom. The molecule has 0 unspecified atom stereocenters. The van der Waals surface area contributed by atoms with Crippen LogP contribution in [0.5, 0.6) is 0 Å². The van der Waals surface area contributed by atoms with Crippen LogP contribution in [0, 0.1) is 5.82 Å². The number of rotatable bonds is 3. The van der Waals surface area contributed by atoms with E-state index in [2.05, 4.69) is 9.67 Å². The van der Waals surface area contributed by atoms with Crippen LogP contribution in [0.1, 0.15) is 53.5 Å². The van der Waals surface area contributed by atoms with E-state index in [-0.39, 0.29) is 5.91 Å². The summed E-state index contributed by atoms with van der Waals surface area (Å²) in [5, 5.41) is 4.05. The third kappa shape index (κ3) is 3.34. The fourth-order valence-electron chi connectivity index (χ4n) is 4.55. The number of likely N-dealkylation sites (tertiary alicyclic amines) is 1. The van der Waals surface area contributed by atoms with Crippen molar-refractivity contribution in [2.24, 2.45) is 0 Å². The summed E-state index contributed by atoms with van der Waals surface area (Å²) in [6.07, 6.45) is 10.7. The van der Waals surface area contributed by atoms with E-state index in [1.165, 1.54) is 35.1 Å². The SMILES string of the molecule is O=C(c1ccc(-n2cccn2)c(F)c1)N1CCC(c2ncc3n2CCCC3)CC1. The molecule has 7 heteroatoms. The lowest BCUT2D eigenvalue weighted by Crippen LogP contribution is -2.38. The molecule has 0 saturated carbocycles. The molecule has 2 aromatic heterocycles. The maximum atomic E-state index is 14.5. The largest absolute Gasteiger partial charge is 0.339 e. The van der Waals surface area contributed by atoms with Gasteiger partial charge in [-0.15, -0.1) is 0 Å². The van der Waals surface area contributed by atoms with Gasteiger partial charge in [0, 0.05) is 55.4 Å². The van der Waals surface area contributed by atoms with Crippen LogP contribution in [0.3, 0.4) is 0 Å². The van der Waals surface area contributed by atoms with E-state index in [0.29, 0.717) is 30.3 Å². The summed E-state index contributed by atoms with van der Waals surface area (Å²) in [5.41, 5.74) is 2.07. The standard InChI is InChI=1S/C22H24FN5O/c23-19-14-17(5-6-20(19)28-11-3-9-25-28)22(29)26-12-7-16(8-13-26)21-24-15-18-4-1-2-10-27(18)21/h3,5-6,9,11,14-16H,1-2,4,7-8,10,12-13H2. The van der Waals surface area contributed by atoms with Gasteiger partial charge in [0.25, 0.3) is 5.91 Å². The van der Waals surface area contributed by atoms with Crippen LogP contribution in [-0.4, -0.2) is 43.2 Å². The van der Waals surface area contributed by atoms with Gasteiger partial charge < -0.3 is 9.47 Å². The van der Waals surface area contributed by atoms with Crippen molar-refractivity contribution >= 4 is 5.91 Å². The van der Waals surface area contributed by atoms with Crippen molar-refractivity contribution in [1.29, 1.82) is 0 Å². The topological polar surface area (TPSA) is 56.0 Å². The summed E-state index contributed by atoms with van der Waals surface area (Å²) in [6, 6.07) is 6.34.